The molecule has 7 atom stereocenters. The molecular formula is C23H35NO10. The lowest BCUT2D eigenvalue weighted by Gasteiger charge is -2.42. The smallest absolute Gasteiger partial charge is 0.344 e. The molecule has 0 unspecified atom stereocenters. The first-order chi connectivity index (χ1) is 15.7. The van der Waals surface area contributed by atoms with Crippen molar-refractivity contribution in [3.8, 4) is 0 Å². The minimum atomic E-state index is -3.07. The molecule has 3 aliphatic rings. The quantitative estimate of drug-likeness (QED) is 0.221. The highest BCUT2D eigenvalue weighted by Crippen LogP contribution is 2.37. The molecule has 2 fully saturated rings. The summed E-state index contributed by atoms with van der Waals surface area (Å²) in [6.07, 6.45) is -2.86. The molecule has 11 nitrogen and oxygen atoms in total. The largest absolute Gasteiger partial charge is 0.459 e. The fourth-order valence-electron chi connectivity index (χ4n) is 4.88. The van der Waals surface area contributed by atoms with Crippen LogP contribution in [0.15, 0.2) is 11.6 Å². The van der Waals surface area contributed by atoms with E-state index in [0.29, 0.717) is 25.1 Å². The number of nitrogens with zero attached hydrogens (tertiary/aromatic N) is 1. The van der Waals surface area contributed by atoms with E-state index in [1.165, 1.54) is 27.7 Å². The van der Waals surface area contributed by atoms with Gasteiger partial charge < -0.3 is 34.6 Å². The molecule has 0 saturated carbocycles. The van der Waals surface area contributed by atoms with Crippen molar-refractivity contribution in [2.75, 3.05) is 19.7 Å². The van der Waals surface area contributed by atoms with Crippen LogP contribution in [0.5, 0.6) is 0 Å². The van der Waals surface area contributed by atoms with E-state index in [-0.39, 0.29) is 13.0 Å². The van der Waals surface area contributed by atoms with Crippen LogP contribution in [0, 0.1) is 5.92 Å². The Labute approximate surface area is 198 Å². The van der Waals surface area contributed by atoms with Crippen molar-refractivity contribution in [1.82, 2.24) is 4.90 Å². The molecule has 0 aliphatic carbocycles. The Balaban J connectivity index is 2.09. The number of ether oxygens (including phenoxy) is 3. The summed E-state index contributed by atoms with van der Waals surface area (Å²) >= 11 is 0. The molecule has 11 heteroatoms. The summed E-state index contributed by atoms with van der Waals surface area (Å²) in [6.45, 7) is 7.75. The first-order valence-corrected chi connectivity index (χ1v) is 11.6. The average Bonchev–Trinajstić information content (AvgIpc) is 3.37. The SMILES string of the molecule is CC[C@@](C)(O)[C@]1(O)C(=O)O[C@@H]2CCN3CC=C(COC(=O)[C@](O)(C(C)C)[C@@H](C)OC(=O)[C@H]1O)[C@H]23. The van der Waals surface area contributed by atoms with E-state index in [0.717, 1.165) is 6.92 Å². The zero-order valence-electron chi connectivity index (χ0n) is 20.2. The van der Waals surface area contributed by atoms with Crippen LogP contribution in [0.3, 0.4) is 0 Å². The van der Waals surface area contributed by atoms with Crippen molar-refractivity contribution in [3.05, 3.63) is 11.6 Å². The van der Waals surface area contributed by atoms with Gasteiger partial charge in [-0.25, -0.2) is 14.4 Å². The molecule has 0 bridgehead atoms. The van der Waals surface area contributed by atoms with Crippen LogP contribution in [0.4, 0.5) is 0 Å². The second-order valence-electron chi connectivity index (χ2n) is 9.88. The fraction of sp³-hybridized carbons (Fsp3) is 0.783. The maximum absolute atomic E-state index is 13.2. The van der Waals surface area contributed by atoms with Gasteiger partial charge in [0.15, 0.2) is 6.10 Å². The molecule has 3 aliphatic heterocycles. The molecule has 0 aromatic carbocycles. The Morgan fingerprint density at radius 1 is 1.21 bits per heavy atom. The van der Waals surface area contributed by atoms with Crippen molar-refractivity contribution >= 4 is 17.9 Å². The third-order valence-corrected chi connectivity index (χ3v) is 7.60. The average molecular weight is 486 g/mol. The van der Waals surface area contributed by atoms with Gasteiger partial charge in [-0.2, -0.15) is 0 Å². The summed E-state index contributed by atoms with van der Waals surface area (Å²) in [5.41, 5.74) is -6.97. The van der Waals surface area contributed by atoms with Crippen LogP contribution in [0.2, 0.25) is 0 Å². The number of rotatable bonds is 3. The first kappa shape index (κ1) is 26.6. The highest BCUT2D eigenvalue weighted by Gasteiger charge is 2.62. The minimum Gasteiger partial charge on any atom is -0.459 e. The summed E-state index contributed by atoms with van der Waals surface area (Å²) in [5.74, 6) is -4.67. The molecule has 34 heavy (non-hydrogen) atoms. The van der Waals surface area contributed by atoms with E-state index in [1.807, 2.05) is 11.0 Å². The molecule has 192 valence electrons. The van der Waals surface area contributed by atoms with E-state index in [2.05, 4.69) is 0 Å². The summed E-state index contributed by atoms with van der Waals surface area (Å²) in [4.78, 5) is 41.0. The number of hydrogen-bond donors (Lipinski definition) is 4. The maximum atomic E-state index is 13.2. The predicted octanol–water partition coefficient (Wildman–Crippen LogP) is -0.959. The van der Waals surface area contributed by atoms with Crippen LogP contribution in [0.1, 0.15) is 47.5 Å². The van der Waals surface area contributed by atoms with Crippen molar-refractivity contribution < 1.29 is 49.0 Å². The number of aliphatic hydroxyl groups is 4. The van der Waals surface area contributed by atoms with Gasteiger partial charge in [-0.05, 0) is 38.2 Å². The van der Waals surface area contributed by atoms with Crippen LogP contribution in [0.25, 0.3) is 0 Å². The lowest BCUT2D eigenvalue weighted by molar-refractivity contribution is -0.235. The lowest BCUT2D eigenvalue weighted by atomic mass is 9.77. The summed E-state index contributed by atoms with van der Waals surface area (Å²) < 4.78 is 16.1. The Kier molecular flexibility index (Phi) is 7.18. The molecule has 3 rings (SSSR count). The minimum absolute atomic E-state index is 0.177. The van der Waals surface area contributed by atoms with Crippen LogP contribution < -0.4 is 0 Å². The standard InChI is InChI=1S/C23H35NO10/c1-6-21(5,29)23(31)17(25)18(26)33-13(4)22(30,12(2)3)19(27)32-11-14-7-9-24-10-8-15(16(14)24)34-20(23)28/h7,12-13,15-17,25,29-31H,6,8-11H2,1-5H3/t13-,15-,16-,17-,21-,22+,23-/m1/s1. The van der Waals surface area contributed by atoms with E-state index >= 15 is 0 Å². The molecule has 0 spiro atoms. The summed E-state index contributed by atoms with van der Waals surface area (Å²) in [5, 5.41) is 44.1. The Morgan fingerprint density at radius 2 is 1.85 bits per heavy atom. The molecule has 4 N–H and O–H groups in total. The zero-order valence-corrected chi connectivity index (χ0v) is 20.2. The predicted molar refractivity (Wildman–Crippen MR) is 116 cm³/mol. The van der Waals surface area contributed by atoms with Gasteiger partial charge in [0.25, 0.3) is 0 Å². The van der Waals surface area contributed by atoms with Crippen LogP contribution in [-0.4, -0.2) is 104 Å². The Morgan fingerprint density at radius 3 is 2.44 bits per heavy atom. The second-order valence-corrected chi connectivity index (χ2v) is 9.88. The summed E-state index contributed by atoms with van der Waals surface area (Å²) in [7, 11) is 0. The number of aliphatic hydroxyl groups excluding tert-OH is 1. The number of esters is 3. The molecule has 2 saturated heterocycles. The van der Waals surface area contributed by atoms with Gasteiger partial charge in [-0.15, -0.1) is 0 Å². The van der Waals surface area contributed by atoms with Gasteiger partial charge in [0.1, 0.15) is 24.4 Å². The number of cyclic esters (lactones) is 2. The van der Waals surface area contributed by atoms with Crippen LogP contribution in [-0.2, 0) is 28.6 Å². The number of hydrogen-bond acceptors (Lipinski definition) is 11. The molecule has 0 radical (unpaired) electrons. The van der Waals surface area contributed by atoms with E-state index in [9.17, 15) is 34.8 Å². The van der Waals surface area contributed by atoms with Crippen LogP contribution >= 0.6 is 0 Å². The third kappa shape index (κ3) is 4.03. The first-order valence-electron chi connectivity index (χ1n) is 11.6. The molecule has 0 amide bonds. The highest BCUT2D eigenvalue weighted by molar-refractivity contribution is 5.91. The maximum Gasteiger partial charge on any atom is 0.344 e. The zero-order chi connectivity index (χ0) is 25.6. The summed E-state index contributed by atoms with van der Waals surface area (Å²) in [6, 6.07) is -0.454. The van der Waals surface area contributed by atoms with Gasteiger partial charge >= 0.3 is 17.9 Å². The van der Waals surface area contributed by atoms with Gasteiger partial charge in [-0.1, -0.05) is 26.8 Å². The topological polar surface area (TPSA) is 163 Å². The van der Waals surface area contributed by atoms with E-state index < -0.39 is 65.0 Å². The Hall–Kier alpha value is -2.05. The third-order valence-electron chi connectivity index (χ3n) is 7.60. The molecule has 0 aromatic rings. The van der Waals surface area contributed by atoms with Gasteiger partial charge in [0, 0.05) is 13.1 Å². The fourth-order valence-corrected chi connectivity index (χ4v) is 4.88. The Bertz CT molecular complexity index is 870. The number of carbonyl (C=O) groups is 3. The number of carbonyl (C=O) groups excluding carboxylic acids is 3. The highest BCUT2D eigenvalue weighted by atomic mass is 16.6. The molecular weight excluding hydrogens is 450 g/mol. The van der Waals surface area contributed by atoms with Crippen molar-refractivity contribution in [2.24, 2.45) is 5.92 Å². The molecule has 3 heterocycles. The van der Waals surface area contributed by atoms with E-state index in [4.69, 9.17) is 14.2 Å². The molecule has 0 aromatic heterocycles. The lowest BCUT2D eigenvalue weighted by Crippen LogP contribution is -2.68. The van der Waals surface area contributed by atoms with Gasteiger partial charge in [0.2, 0.25) is 11.2 Å². The van der Waals surface area contributed by atoms with Gasteiger partial charge in [-0.3, -0.25) is 4.90 Å². The van der Waals surface area contributed by atoms with Gasteiger partial charge in [0.05, 0.1) is 6.04 Å². The second kappa shape index (κ2) is 9.19. The van der Waals surface area contributed by atoms with Crippen molar-refractivity contribution in [1.29, 1.82) is 0 Å². The normalized spacial score (nSPS) is 39.5. The van der Waals surface area contributed by atoms with E-state index in [1.54, 1.807) is 0 Å². The van der Waals surface area contributed by atoms with Crippen molar-refractivity contribution in [3.63, 3.8) is 0 Å². The van der Waals surface area contributed by atoms with Crippen molar-refractivity contribution in [2.45, 2.75) is 88.6 Å². The monoisotopic (exact) mass is 485 g/mol.